The lowest BCUT2D eigenvalue weighted by atomic mass is 10.0. The molecule has 3 N–H and O–H groups in total. The van der Waals surface area contributed by atoms with Crippen molar-refractivity contribution in [1.82, 2.24) is 25.5 Å². The van der Waals surface area contributed by atoms with Crippen molar-refractivity contribution in [2.24, 2.45) is 0 Å². The Morgan fingerprint density at radius 3 is 2.84 bits per heavy atom. The lowest BCUT2D eigenvalue weighted by Crippen LogP contribution is -2.50. The molecule has 132 valence electrons. The van der Waals surface area contributed by atoms with E-state index in [0.29, 0.717) is 24.2 Å². The summed E-state index contributed by atoms with van der Waals surface area (Å²) in [6, 6.07) is 7.44. The summed E-state index contributed by atoms with van der Waals surface area (Å²) in [5, 5.41) is 8.27. The highest BCUT2D eigenvalue weighted by molar-refractivity contribution is 5.98. The molecule has 7 heteroatoms. The number of para-hydroxylation sites is 2. The SMILES string of the molecule is CCn1c(CCNC(=O)C2=C(C)NC(=O)N[C@@H]2C)nc2ccccc21. The third kappa shape index (κ3) is 3.35. The van der Waals surface area contributed by atoms with Crippen molar-refractivity contribution in [1.29, 1.82) is 0 Å². The largest absolute Gasteiger partial charge is 0.352 e. The standard InChI is InChI=1S/C18H23N5O2/c1-4-23-14-8-6-5-7-13(14)22-15(23)9-10-19-17(24)16-11(2)20-18(25)21-12(16)3/h5-8,11H,4,9-10H2,1-3H3,(H,19,24)(H2,20,21,25)/t11-/m1/s1. The van der Waals surface area contributed by atoms with Gasteiger partial charge in [0.15, 0.2) is 0 Å². The van der Waals surface area contributed by atoms with Crippen LogP contribution in [0.1, 0.15) is 26.6 Å². The molecule has 0 aliphatic carbocycles. The second kappa shape index (κ2) is 6.96. The van der Waals surface area contributed by atoms with Gasteiger partial charge in [-0.3, -0.25) is 4.79 Å². The minimum atomic E-state index is -0.311. The molecule has 3 amide bonds. The number of hydrogen-bond acceptors (Lipinski definition) is 3. The van der Waals surface area contributed by atoms with Gasteiger partial charge in [-0.2, -0.15) is 0 Å². The van der Waals surface area contributed by atoms with Gasteiger partial charge in [0, 0.05) is 25.2 Å². The number of nitrogens with zero attached hydrogens (tertiary/aromatic N) is 2. The van der Waals surface area contributed by atoms with Gasteiger partial charge in [-0.25, -0.2) is 9.78 Å². The van der Waals surface area contributed by atoms with Crippen LogP contribution in [0.4, 0.5) is 4.79 Å². The summed E-state index contributed by atoms with van der Waals surface area (Å²) in [5.41, 5.74) is 3.23. The Hall–Kier alpha value is -2.83. The van der Waals surface area contributed by atoms with E-state index in [1.165, 1.54) is 0 Å². The molecule has 1 aromatic heterocycles. The molecular formula is C18H23N5O2. The molecule has 1 aliphatic rings. The van der Waals surface area contributed by atoms with Crippen molar-refractivity contribution in [2.75, 3.05) is 6.54 Å². The van der Waals surface area contributed by atoms with Crippen molar-refractivity contribution >= 4 is 23.0 Å². The molecule has 0 radical (unpaired) electrons. The Kier molecular flexibility index (Phi) is 4.74. The van der Waals surface area contributed by atoms with Gasteiger partial charge in [0.25, 0.3) is 5.91 Å². The van der Waals surface area contributed by atoms with E-state index in [4.69, 9.17) is 0 Å². The van der Waals surface area contributed by atoms with Crippen molar-refractivity contribution in [2.45, 2.75) is 39.8 Å². The highest BCUT2D eigenvalue weighted by Gasteiger charge is 2.26. The number of benzene rings is 1. The molecule has 0 spiro atoms. The Bertz CT molecular complexity index is 852. The van der Waals surface area contributed by atoms with Crippen LogP contribution in [0.5, 0.6) is 0 Å². The zero-order valence-corrected chi connectivity index (χ0v) is 14.7. The predicted octanol–water partition coefficient (Wildman–Crippen LogP) is 1.69. The van der Waals surface area contributed by atoms with E-state index < -0.39 is 0 Å². The summed E-state index contributed by atoms with van der Waals surface area (Å²) in [6.07, 6.45) is 0.648. The van der Waals surface area contributed by atoms with E-state index in [1.54, 1.807) is 13.8 Å². The summed E-state index contributed by atoms with van der Waals surface area (Å²) < 4.78 is 2.16. The lowest BCUT2D eigenvalue weighted by molar-refractivity contribution is -0.117. The predicted molar refractivity (Wildman–Crippen MR) is 96.0 cm³/mol. The molecule has 0 unspecified atom stereocenters. The number of carbonyl (C=O) groups is 2. The van der Waals surface area contributed by atoms with Gasteiger partial charge >= 0.3 is 6.03 Å². The highest BCUT2D eigenvalue weighted by Crippen LogP contribution is 2.16. The van der Waals surface area contributed by atoms with E-state index >= 15 is 0 Å². The number of aryl methyl sites for hydroxylation is 1. The molecule has 0 saturated heterocycles. The minimum Gasteiger partial charge on any atom is -0.352 e. The van der Waals surface area contributed by atoms with Crippen molar-refractivity contribution in [3.05, 3.63) is 41.4 Å². The molecule has 1 atom stereocenters. The fourth-order valence-electron chi connectivity index (χ4n) is 3.29. The van der Waals surface area contributed by atoms with Crippen molar-refractivity contribution < 1.29 is 9.59 Å². The van der Waals surface area contributed by atoms with Gasteiger partial charge in [-0.1, -0.05) is 12.1 Å². The number of nitrogens with one attached hydrogen (secondary N) is 3. The van der Waals surface area contributed by atoms with Crippen LogP contribution in [0.25, 0.3) is 11.0 Å². The van der Waals surface area contributed by atoms with Gasteiger partial charge in [0.1, 0.15) is 5.82 Å². The first kappa shape index (κ1) is 17.0. The molecule has 2 aromatic rings. The Labute approximate surface area is 146 Å². The van der Waals surface area contributed by atoms with E-state index in [-0.39, 0.29) is 18.0 Å². The molecule has 1 aromatic carbocycles. The molecular weight excluding hydrogens is 318 g/mol. The average Bonchev–Trinajstić information content (AvgIpc) is 2.91. The number of carbonyl (C=O) groups excluding carboxylic acids is 2. The maximum atomic E-state index is 12.5. The van der Waals surface area contributed by atoms with Gasteiger partial charge in [-0.15, -0.1) is 0 Å². The smallest absolute Gasteiger partial charge is 0.319 e. The third-order valence-corrected chi connectivity index (χ3v) is 4.41. The number of urea groups is 1. The van der Waals surface area contributed by atoms with Crippen LogP contribution in [-0.2, 0) is 17.8 Å². The van der Waals surface area contributed by atoms with E-state index in [1.807, 2.05) is 18.2 Å². The first-order valence-corrected chi connectivity index (χ1v) is 8.52. The highest BCUT2D eigenvalue weighted by atomic mass is 16.2. The molecule has 0 saturated carbocycles. The number of aromatic nitrogens is 2. The first-order chi connectivity index (χ1) is 12.0. The number of amides is 3. The van der Waals surface area contributed by atoms with Crippen molar-refractivity contribution in [3.8, 4) is 0 Å². The number of allylic oxidation sites excluding steroid dienone is 1. The first-order valence-electron chi connectivity index (χ1n) is 8.52. The Morgan fingerprint density at radius 2 is 2.12 bits per heavy atom. The van der Waals surface area contributed by atoms with Gasteiger partial charge in [0.05, 0.1) is 22.6 Å². The summed E-state index contributed by atoms with van der Waals surface area (Å²) in [6.45, 7) is 6.94. The molecule has 2 heterocycles. The summed E-state index contributed by atoms with van der Waals surface area (Å²) in [7, 11) is 0. The number of imidazole rings is 1. The quantitative estimate of drug-likeness (QED) is 0.773. The van der Waals surface area contributed by atoms with Crippen LogP contribution in [0, 0.1) is 0 Å². The molecule has 1 aliphatic heterocycles. The van der Waals surface area contributed by atoms with Gasteiger partial charge < -0.3 is 20.5 Å². The molecule has 0 bridgehead atoms. The van der Waals surface area contributed by atoms with Gasteiger partial charge in [-0.05, 0) is 32.9 Å². The monoisotopic (exact) mass is 341 g/mol. The van der Waals surface area contributed by atoms with Crippen LogP contribution in [0.15, 0.2) is 35.5 Å². The minimum absolute atomic E-state index is 0.170. The fourth-order valence-corrected chi connectivity index (χ4v) is 3.29. The number of fused-ring (bicyclic) bond motifs is 1. The van der Waals surface area contributed by atoms with Gasteiger partial charge in [0.2, 0.25) is 0 Å². The fraction of sp³-hybridized carbons (Fsp3) is 0.389. The summed E-state index contributed by atoms with van der Waals surface area (Å²) >= 11 is 0. The zero-order valence-electron chi connectivity index (χ0n) is 14.7. The van der Waals surface area contributed by atoms with Crippen LogP contribution in [0.3, 0.4) is 0 Å². The van der Waals surface area contributed by atoms with Crippen LogP contribution >= 0.6 is 0 Å². The Morgan fingerprint density at radius 1 is 1.36 bits per heavy atom. The normalized spacial score (nSPS) is 17.4. The second-order valence-electron chi connectivity index (χ2n) is 6.13. The number of rotatable bonds is 5. The second-order valence-corrected chi connectivity index (χ2v) is 6.13. The molecule has 0 fully saturated rings. The van der Waals surface area contributed by atoms with E-state index in [0.717, 1.165) is 23.4 Å². The zero-order chi connectivity index (χ0) is 18.0. The van der Waals surface area contributed by atoms with Crippen LogP contribution in [-0.4, -0.2) is 34.1 Å². The van der Waals surface area contributed by atoms with E-state index in [9.17, 15) is 9.59 Å². The number of hydrogen-bond donors (Lipinski definition) is 3. The van der Waals surface area contributed by atoms with Crippen LogP contribution < -0.4 is 16.0 Å². The van der Waals surface area contributed by atoms with Crippen molar-refractivity contribution in [3.63, 3.8) is 0 Å². The lowest BCUT2D eigenvalue weighted by Gasteiger charge is -2.25. The topological polar surface area (TPSA) is 88.0 Å². The molecule has 3 rings (SSSR count). The third-order valence-electron chi connectivity index (χ3n) is 4.41. The maximum Gasteiger partial charge on any atom is 0.319 e. The summed E-state index contributed by atoms with van der Waals surface area (Å²) in [5.74, 6) is 0.787. The molecule has 25 heavy (non-hydrogen) atoms. The summed E-state index contributed by atoms with van der Waals surface area (Å²) in [4.78, 5) is 28.5. The van der Waals surface area contributed by atoms with Crippen LogP contribution in [0.2, 0.25) is 0 Å². The maximum absolute atomic E-state index is 12.5. The average molecular weight is 341 g/mol. The van der Waals surface area contributed by atoms with E-state index in [2.05, 4.69) is 38.5 Å². The molecule has 7 nitrogen and oxygen atoms in total. The Balaban J connectivity index is 1.68.